The van der Waals surface area contributed by atoms with Crippen molar-refractivity contribution >= 4 is 11.9 Å². The first kappa shape index (κ1) is 50.2. The number of carbonyl (C=O) groups excluding carboxylic acids is 2. The third kappa shape index (κ3) is 41.8. The molecule has 0 fully saturated rings. The summed E-state index contributed by atoms with van der Waals surface area (Å²) in [7, 11) is 3.94. The summed E-state index contributed by atoms with van der Waals surface area (Å²) in [6.45, 7) is 6.95. The number of unbranched alkanes of at least 4 members (excludes halogenated alkanes) is 18. The van der Waals surface area contributed by atoms with Crippen LogP contribution in [0.4, 0.5) is 0 Å². The molecule has 0 N–H and O–H groups in total. The number of allylic oxidation sites excluding steroid dienone is 8. The summed E-state index contributed by atoms with van der Waals surface area (Å²) in [5, 5.41) is 0. The zero-order chi connectivity index (χ0) is 38.7. The zero-order valence-electron chi connectivity index (χ0n) is 35.1. The highest BCUT2D eigenvalue weighted by Crippen LogP contribution is 2.10. The Hall–Kier alpha value is -2.78. The highest BCUT2D eigenvalue weighted by atomic mass is 16.5. The van der Waals surface area contributed by atoms with Crippen LogP contribution in [0.25, 0.3) is 0 Å². The van der Waals surface area contributed by atoms with Crippen molar-refractivity contribution in [2.75, 3.05) is 46.9 Å². The molecule has 0 spiro atoms. The molecule has 0 heterocycles. The second kappa shape index (κ2) is 42.0. The van der Waals surface area contributed by atoms with Gasteiger partial charge in [0.25, 0.3) is 0 Å². The zero-order valence-corrected chi connectivity index (χ0v) is 35.1. The maximum atomic E-state index is 12.4. The van der Waals surface area contributed by atoms with Gasteiger partial charge in [0, 0.05) is 19.1 Å². The number of carbonyl (C=O) groups is 2. The molecule has 0 atom stereocenters. The third-order valence-electron chi connectivity index (χ3n) is 9.02. The van der Waals surface area contributed by atoms with E-state index in [2.05, 4.69) is 74.4 Å². The molecular weight excluding hydrogens is 657 g/mol. The number of rotatable bonds is 37. The lowest BCUT2D eigenvalue weighted by molar-refractivity contribution is -0.144. The smallest absolute Gasteiger partial charge is 0.307 e. The van der Waals surface area contributed by atoms with E-state index in [1.807, 2.05) is 23.9 Å². The normalized spacial score (nSPS) is 11.7. The fourth-order valence-corrected chi connectivity index (χ4v) is 5.68. The van der Waals surface area contributed by atoms with Crippen molar-refractivity contribution in [1.82, 2.24) is 9.80 Å². The van der Waals surface area contributed by atoms with Crippen LogP contribution in [0.15, 0.2) is 48.6 Å². The standard InChI is InChI=1S/C47H82N2O4/c1-5-7-9-11-13-15-17-19-21-23-25-27-29-31-33-35-44-52-46(50)38-42-49(41-37-40-48(3)4)43-39-47(51)53-45-36-34-32-30-28-26-24-22-20-18-16-14-12-10-8-6-2/h13-16,19-22H,5-12,17-18,23-36,38-40,42-45H2,1-4H3/b15-13-,16-14-,21-19-,22-20-. The minimum atomic E-state index is -0.202. The van der Waals surface area contributed by atoms with Gasteiger partial charge in [0.1, 0.15) is 0 Å². The molecular formula is C47H82N2O4. The van der Waals surface area contributed by atoms with Gasteiger partial charge in [0.2, 0.25) is 0 Å². The van der Waals surface area contributed by atoms with Crippen LogP contribution in [-0.4, -0.2) is 68.7 Å². The van der Waals surface area contributed by atoms with Crippen molar-refractivity contribution in [1.29, 1.82) is 0 Å². The van der Waals surface area contributed by atoms with E-state index in [1.165, 1.54) is 103 Å². The van der Waals surface area contributed by atoms with Gasteiger partial charge >= 0.3 is 11.9 Å². The average Bonchev–Trinajstić information content (AvgIpc) is 3.14. The van der Waals surface area contributed by atoms with Crippen LogP contribution >= 0.6 is 0 Å². The summed E-state index contributed by atoms with van der Waals surface area (Å²) in [6, 6.07) is 3.13. The van der Waals surface area contributed by atoms with Crippen LogP contribution < -0.4 is 0 Å². The van der Waals surface area contributed by atoms with Crippen molar-refractivity contribution < 1.29 is 19.1 Å². The van der Waals surface area contributed by atoms with Gasteiger partial charge in [0.15, 0.2) is 0 Å². The molecule has 0 aromatic rings. The van der Waals surface area contributed by atoms with Crippen LogP contribution in [0.1, 0.15) is 181 Å². The molecule has 304 valence electrons. The lowest BCUT2D eigenvalue weighted by atomic mass is 10.1. The second-order valence-electron chi connectivity index (χ2n) is 14.6. The summed E-state index contributed by atoms with van der Waals surface area (Å²) in [6.07, 6.45) is 47.5. The van der Waals surface area contributed by atoms with Gasteiger partial charge in [-0.3, -0.25) is 14.5 Å². The van der Waals surface area contributed by atoms with Crippen LogP contribution in [-0.2, 0) is 19.1 Å². The van der Waals surface area contributed by atoms with E-state index < -0.39 is 0 Å². The van der Waals surface area contributed by atoms with Crippen molar-refractivity contribution in [3.63, 3.8) is 0 Å². The number of hydrogen-bond donors (Lipinski definition) is 0. The molecule has 0 saturated carbocycles. The Bertz CT molecular complexity index is 938. The fraction of sp³-hybridized carbons (Fsp3) is 0.745. The molecule has 0 aliphatic carbocycles. The van der Waals surface area contributed by atoms with E-state index in [0.717, 1.165) is 51.4 Å². The van der Waals surface area contributed by atoms with Crippen LogP contribution in [0, 0.1) is 12.0 Å². The van der Waals surface area contributed by atoms with Crippen LogP contribution in [0.2, 0.25) is 0 Å². The molecule has 0 aromatic heterocycles. The Kier molecular flexibility index (Phi) is 39.8. The second-order valence-corrected chi connectivity index (χ2v) is 14.6. The Morgan fingerprint density at radius 2 is 0.849 bits per heavy atom. The molecule has 0 saturated heterocycles. The van der Waals surface area contributed by atoms with E-state index in [-0.39, 0.29) is 24.8 Å². The van der Waals surface area contributed by atoms with E-state index in [1.54, 1.807) is 0 Å². The fourth-order valence-electron chi connectivity index (χ4n) is 5.68. The van der Waals surface area contributed by atoms with Crippen LogP contribution in [0.5, 0.6) is 0 Å². The lowest BCUT2D eigenvalue weighted by Crippen LogP contribution is -2.26. The summed E-state index contributed by atoms with van der Waals surface area (Å²) in [5.41, 5.74) is 0. The Morgan fingerprint density at radius 3 is 1.23 bits per heavy atom. The van der Waals surface area contributed by atoms with E-state index >= 15 is 0 Å². The van der Waals surface area contributed by atoms with Crippen molar-refractivity contribution in [3.8, 4) is 12.0 Å². The Labute approximate surface area is 328 Å². The van der Waals surface area contributed by atoms with Crippen LogP contribution in [0.3, 0.4) is 0 Å². The number of nitrogens with zero attached hydrogens (tertiary/aromatic N) is 2. The first-order valence-electron chi connectivity index (χ1n) is 21.8. The molecule has 53 heavy (non-hydrogen) atoms. The average molecular weight is 739 g/mol. The topological polar surface area (TPSA) is 59.1 Å². The molecule has 0 radical (unpaired) electrons. The van der Waals surface area contributed by atoms with Gasteiger partial charge in [-0.1, -0.05) is 145 Å². The third-order valence-corrected chi connectivity index (χ3v) is 9.02. The van der Waals surface area contributed by atoms with Gasteiger partial charge in [-0.15, -0.1) is 0 Å². The Balaban J connectivity index is 3.94. The molecule has 0 aliphatic heterocycles. The lowest BCUT2D eigenvalue weighted by Gasteiger charge is -2.17. The highest BCUT2D eigenvalue weighted by Gasteiger charge is 2.10. The monoisotopic (exact) mass is 739 g/mol. The maximum Gasteiger partial charge on any atom is 0.307 e. The molecule has 0 aromatic carbocycles. The van der Waals surface area contributed by atoms with Gasteiger partial charge < -0.3 is 14.4 Å². The van der Waals surface area contributed by atoms with Crippen molar-refractivity contribution in [2.45, 2.75) is 181 Å². The van der Waals surface area contributed by atoms with E-state index in [4.69, 9.17) is 9.47 Å². The predicted molar refractivity (Wildman–Crippen MR) is 228 cm³/mol. The van der Waals surface area contributed by atoms with Gasteiger partial charge in [-0.2, -0.15) is 0 Å². The van der Waals surface area contributed by atoms with E-state index in [9.17, 15) is 9.59 Å². The quantitative estimate of drug-likeness (QED) is 0.0208. The summed E-state index contributed by atoms with van der Waals surface area (Å²) >= 11 is 0. The minimum Gasteiger partial charge on any atom is -0.466 e. The van der Waals surface area contributed by atoms with E-state index in [0.29, 0.717) is 32.8 Å². The Morgan fingerprint density at radius 1 is 0.491 bits per heavy atom. The summed E-state index contributed by atoms with van der Waals surface area (Å²) in [4.78, 5) is 28.6. The largest absolute Gasteiger partial charge is 0.466 e. The first-order valence-corrected chi connectivity index (χ1v) is 21.8. The minimum absolute atomic E-state index is 0.202. The van der Waals surface area contributed by atoms with Crippen molar-refractivity contribution in [2.24, 2.45) is 0 Å². The first-order chi connectivity index (χ1) is 26.0. The predicted octanol–water partition coefficient (Wildman–Crippen LogP) is 12.3. The number of ether oxygens (including phenoxy) is 2. The molecule has 0 amide bonds. The molecule has 6 heteroatoms. The molecule has 0 unspecified atom stereocenters. The maximum absolute atomic E-state index is 12.4. The number of hydrogen-bond acceptors (Lipinski definition) is 6. The molecule has 0 bridgehead atoms. The van der Waals surface area contributed by atoms with Gasteiger partial charge in [-0.25, -0.2) is 0 Å². The highest BCUT2D eigenvalue weighted by molar-refractivity contribution is 5.70. The summed E-state index contributed by atoms with van der Waals surface area (Å²) in [5.74, 6) is 2.72. The van der Waals surface area contributed by atoms with Gasteiger partial charge in [-0.05, 0) is 91.1 Å². The molecule has 6 nitrogen and oxygen atoms in total. The van der Waals surface area contributed by atoms with Crippen molar-refractivity contribution in [3.05, 3.63) is 48.6 Å². The van der Waals surface area contributed by atoms with Gasteiger partial charge in [0.05, 0.1) is 32.6 Å². The number of esters is 2. The molecule has 0 rings (SSSR count). The molecule has 0 aliphatic rings. The summed E-state index contributed by atoms with van der Waals surface area (Å²) < 4.78 is 11.0. The SMILES string of the molecule is CCCCC/C=C\C/C=C\CCCCCCCCOC(=O)CCN(C#CCN(C)C)CCC(=O)OCCCCCCCC/C=C\C/C=C\CCCCC.